The summed E-state index contributed by atoms with van der Waals surface area (Å²) in [7, 11) is 0. The van der Waals surface area contributed by atoms with E-state index in [9.17, 15) is 0 Å². The molecule has 0 amide bonds. The number of fused-ring (bicyclic) bond motifs is 1. The second-order valence-corrected chi connectivity index (χ2v) is 5.57. The number of rotatable bonds is 2. The van der Waals surface area contributed by atoms with Gasteiger partial charge in [0, 0.05) is 14.6 Å². The Labute approximate surface area is 125 Å². The quantitative estimate of drug-likeness (QED) is 0.692. The first-order valence-corrected chi connectivity index (χ1v) is 7.05. The molecule has 3 aromatic rings. The first kappa shape index (κ1) is 12.3. The summed E-state index contributed by atoms with van der Waals surface area (Å²) in [6.07, 6.45) is 1.60. The number of hydrogen-bond donors (Lipinski definition) is 1. The summed E-state index contributed by atoms with van der Waals surface area (Å²) < 4.78 is 1.21. The molecule has 4 heteroatoms. The van der Waals surface area contributed by atoms with Crippen LogP contribution in [0.25, 0.3) is 10.9 Å². The number of nitrogens with zero attached hydrogens (tertiary/aromatic N) is 2. The van der Waals surface area contributed by atoms with Gasteiger partial charge in [-0.2, -0.15) is 0 Å². The standard InChI is InChI=1S/C15H12IN3/c1-10-3-2-4-13-14(10)17-9-18-15(13)19-12-7-5-11(16)6-8-12/h2-9H,1H3,(H,17,18,19). The van der Waals surface area contributed by atoms with Crippen LogP contribution in [0.15, 0.2) is 48.8 Å². The molecule has 1 heterocycles. The van der Waals surface area contributed by atoms with Crippen LogP contribution in [0, 0.1) is 10.5 Å². The highest BCUT2D eigenvalue weighted by Gasteiger charge is 2.05. The van der Waals surface area contributed by atoms with Crippen molar-refractivity contribution in [2.75, 3.05) is 5.32 Å². The second kappa shape index (κ2) is 5.13. The van der Waals surface area contributed by atoms with Crippen LogP contribution in [0.3, 0.4) is 0 Å². The molecule has 0 aliphatic carbocycles. The number of para-hydroxylation sites is 1. The molecule has 94 valence electrons. The largest absolute Gasteiger partial charge is 0.340 e. The minimum atomic E-state index is 0.843. The first-order valence-electron chi connectivity index (χ1n) is 5.97. The van der Waals surface area contributed by atoms with Crippen molar-refractivity contribution in [1.82, 2.24) is 9.97 Å². The van der Waals surface area contributed by atoms with E-state index in [-0.39, 0.29) is 0 Å². The van der Waals surface area contributed by atoms with Gasteiger partial charge in [0.1, 0.15) is 12.1 Å². The lowest BCUT2D eigenvalue weighted by Crippen LogP contribution is -1.96. The Morgan fingerprint density at radius 3 is 2.58 bits per heavy atom. The number of aryl methyl sites for hydroxylation is 1. The molecular formula is C15H12IN3. The topological polar surface area (TPSA) is 37.8 Å². The molecule has 19 heavy (non-hydrogen) atoms. The molecule has 3 nitrogen and oxygen atoms in total. The van der Waals surface area contributed by atoms with Gasteiger partial charge in [-0.3, -0.25) is 0 Å². The molecule has 0 spiro atoms. The number of halogens is 1. The lowest BCUT2D eigenvalue weighted by Gasteiger charge is -2.09. The fraction of sp³-hybridized carbons (Fsp3) is 0.0667. The van der Waals surface area contributed by atoms with Gasteiger partial charge in [0.2, 0.25) is 0 Å². The Morgan fingerprint density at radius 1 is 1.00 bits per heavy atom. The molecule has 0 saturated carbocycles. The molecule has 0 radical (unpaired) electrons. The van der Waals surface area contributed by atoms with E-state index in [4.69, 9.17) is 0 Å². The van der Waals surface area contributed by atoms with Crippen LogP contribution in [0.2, 0.25) is 0 Å². The molecule has 0 saturated heterocycles. The Kier molecular flexibility index (Phi) is 3.33. The first-order chi connectivity index (χ1) is 9.24. The summed E-state index contributed by atoms with van der Waals surface area (Å²) in [6.45, 7) is 2.06. The van der Waals surface area contributed by atoms with Crippen LogP contribution < -0.4 is 5.32 Å². The number of aromatic nitrogens is 2. The predicted molar refractivity (Wildman–Crippen MR) is 86.7 cm³/mol. The zero-order chi connectivity index (χ0) is 13.2. The third-order valence-corrected chi connectivity index (χ3v) is 3.69. The van der Waals surface area contributed by atoms with Crippen molar-refractivity contribution in [2.24, 2.45) is 0 Å². The maximum atomic E-state index is 4.34. The third-order valence-electron chi connectivity index (χ3n) is 2.97. The number of nitrogens with one attached hydrogen (secondary N) is 1. The Morgan fingerprint density at radius 2 is 1.79 bits per heavy atom. The Bertz CT molecular complexity index is 723. The van der Waals surface area contributed by atoms with Crippen molar-refractivity contribution in [3.63, 3.8) is 0 Å². The molecular weight excluding hydrogens is 349 g/mol. The van der Waals surface area contributed by atoms with Crippen molar-refractivity contribution in [2.45, 2.75) is 6.92 Å². The van der Waals surface area contributed by atoms with Crippen molar-refractivity contribution < 1.29 is 0 Å². The summed E-state index contributed by atoms with van der Waals surface area (Å²) in [6, 6.07) is 14.4. The van der Waals surface area contributed by atoms with E-state index in [0.29, 0.717) is 0 Å². The van der Waals surface area contributed by atoms with Gasteiger partial charge in [0.25, 0.3) is 0 Å². The molecule has 1 N–H and O–H groups in total. The highest BCUT2D eigenvalue weighted by atomic mass is 127. The van der Waals surface area contributed by atoms with E-state index >= 15 is 0 Å². The molecule has 1 aromatic heterocycles. The smallest absolute Gasteiger partial charge is 0.141 e. The summed E-state index contributed by atoms with van der Waals surface area (Å²) in [4.78, 5) is 8.69. The van der Waals surface area contributed by atoms with Gasteiger partial charge in [-0.15, -0.1) is 0 Å². The van der Waals surface area contributed by atoms with Gasteiger partial charge >= 0.3 is 0 Å². The van der Waals surface area contributed by atoms with Crippen LogP contribution in [-0.2, 0) is 0 Å². The zero-order valence-electron chi connectivity index (χ0n) is 10.4. The van der Waals surface area contributed by atoms with Gasteiger partial charge in [0.15, 0.2) is 0 Å². The van der Waals surface area contributed by atoms with E-state index in [1.165, 1.54) is 3.57 Å². The lowest BCUT2D eigenvalue weighted by atomic mass is 10.1. The number of benzene rings is 2. The second-order valence-electron chi connectivity index (χ2n) is 4.33. The lowest BCUT2D eigenvalue weighted by molar-refractivity contribution is 1.21. The molecule has 0 aliphatic rings. The van der Waals surface area contributed by atoms with E-state index in [1.807, 2.05) is 24.3 Å². The minimum Gasteiger partial charge on any atom is -0.340 e. The molecule has 2 aromatic carbocycles. The molecule has 0 unspecified atom stereocenters. The van der Waals surface area contributed by atoms with Crippen LogP contribution in [-0.4, -0.2) is 9.97 Å². The van der Waals surface area contributed by atoms with Gasteiger partial charge in [0.05, 0.1) is 5.52 Å². The molecule has 0 fully saturated rings. The van der Waals surface area contributed by atoms with Crippen LogP contribution in [0.4, 0.5) is 11.5 Å². The van der Waals surface area contributed by atoms with Crippen molar-refractivity contribution >= 4 is 45.0 Å². The Hall–Kier alpha value is -1.69. The zero-order valence-corrected chi connectivity index (χ0v) is 12.5. The monoisotopic (exact) mass is 361 g/mol. The van der Waals surface area contributed by atoms with Gasteiger partial charge in [-0.05, 0) is 65.4 Å². The number of anilines is 2. The fourth-order valence-electron chi connectivity index (χ4n) is 2.00. The van der Waals surface area contributed by atoms with Crippen LogP contribution in [0.1, 0.15) is 5.56 Å². The van der Waals surface area contributed by atoms with Crippen molar-refractivity contribution in [3.05, 3.63) is 57.9 Å². The fourth-order valence-corrected chi connectivity index (χ4v) is 2.36. The Balaban J connectivity index is 2.06. The maximum absolute atomic E-state index is 4.34. The maximum Gasteiger partial charge on any atom is 0.141 e. The summed E-state index contributed by atoms with van der Waals surface area (Å²) in [5, 5.41) is 4.39. The van der Waals surface area contributed by atoms with E-state index in [0.717, 1.165) is 28.0 Å². The molecule has 3 rings (SSSR count). The minimum absolute atomic E-state index is 0.843. The molecule has 0 aliphatic heterocycles. The molecule has 0 bridgehead atoms. The SMILES string of the molecule is Cc1cccc2c(Nc3ccc(I)cc3)ncnc12. The van der Waals surface area contributed by atoms with Crippen molar-refractivity contribution in [3.8, 4) is 0 Å². The van der Waals surface area contributed by atoms with Gasteiger partial charge in [-0.25, -0.2) is 9.97 Å². The predicted octanol–water partition coefficient (Wildman–Crippen LogP) is 4.29. The van der Waals surface area contributed by atoms with Gasteiger partial charge in [-0.1, -0.05) is 12.1 Å². The summed E-state index contributed by atoms with van der Waals surface area (Å²) >= 11 is 2.29. The van der Waals surface area contributed by atoms with E-state index in [1.54, 1.807) is 6.33 Å². The van der Waals surface area contributed by atoms with Gasteiger partial charge < -0.3 is 5.32 Å². The van der Waals surface area contributed by atoms with E-state index in [2.05, 4.69) is 63.0 Å². The molecule has 0 atom stereocenters. The third kappa shape index (κ3) is 2.53. The summed E-state index contributed by atoms with van der Waals surface area (Å²) in [5.74, 6) is 0.843. The van der Waals surface area contributed by atoms with Crippen molar-refractivity contribution in [1.29, 1.82) is 0 Å². The van der Waals surface area contributed by atoms with Crippen LogP contribution >= 0.6 is 22.6 Å². The summed E-state index contributed by atoms with van der Waals surface area (Å²) in [5.41, 5.74) is 3.18. The number of hydrogen-bond acceptors (Lipinski definition) is 3. The highest BCUT2D eigenvalue weighted by Crippen LogP contribution is 2.24. The van der Waals surface area contributed by atoms with Crippen LogP contribution in [0.5, 0.6) is 0 Å². The highest BCUT2D eigenvalue weighted by molar-refractivity contribution is 14.1. The average Bonchev–Trinajstić information content (AvgIpc) is 2.43. The normalized spacial score (nSPS) is 10.6. The average molecular weight is 361 g/mol. The van der Waals surface area contributed by atoms with E-state index < -0.39 is 0 Å².